The SMILES string of the molecule is CCN=C(NC1CC1C)N1CC2CCCCC2C1. The van der Waals surface area contributed by atoms with E-state index in [4.69, 9.17) is 4.99 Å². The van der Waals surface area contributed by atoms with Crippen molar-refractivity contribution in [3.8, 4) is 0 Å². The third kappa shape index (κ3) is 2.50. The molecule has 1 saturated heterocycles. The highest BCUT2D eigenvalue weighted by molar-refractivity contribution is 5.81. The minimum atomic E-state index is 0.693. The molecule has 0 aromatic heterocycles. The Morgan fingerprint density at radius 1 is 1.22 bits per heavy atom. The molecule has 4 unspecified atom stereocenters. The molecule has 1 N–H and O–H groups in total. The van der Waals surface area contributed by atoms with E-state index in [-0.39, 0.29) is 0 Å². The van der Waals surface area contributed by atoms with Gasteiger partial charge in [-0.2, -0.15) is 0 Å². The summed E-state index contributed by atoms with van der Waals surface area (Å²) in [5.41, 5.74) is 0. The number of nitrogens with one attached hydrogen (secondary N) is 1. The molecule has 3 fully saturated rings. The van der Waals surface area contributed by atoms with Crippen LogP contribution in [0.3, 0.4) is 0 Å². The lowest BCUT2D eigenvalue weighted by molar-refractivity contribution is 0.299. The largest absolute Gasteiger partial charge is 0.353 e. The molecule has 1 heterocycles. The summed E-state index contributed by atoms with van der Waals surface area (Å²) in [5.74, 6) is 3.93. The lowest BCUT2D eigenvalue weighted by atomic mass is 9.82. The Balaban J connectivity index is 1.62. The maximum atomic E-state index is 4.71. The first-order valence-electron chi connectivity index (χ1n) is 7.84. The van der Waals surface area contributed by atoms with E-state index >= 15 is 0 Å². The van der Waals surface area contributed by atoms with Crippen molar-refractivity contribution in [2.24, 2.45) is 22.7 Å². The number of rotatable bonds is 2. The highest BCUT2D eigenvalue weighted by Gasteiger charge is 2.38. The van der Waals surface area contributed by atoms with Crippen LogP contribution in [0.5, 0.6) is 0 Å². The van der Waals surface area contributed by atoms with Crippen LogP contribution in [0.15, 0.2) is 4.99 Å². The van der Waals surface area contributed by atoms with E-state index in [1.165, 1.54) is 51.2 Å². The van der Waals surface area contributed by atoms with Gasteiger partial charge in [0.05, 0.1) is 0 Å². The molecule has 18 heavy (non-hydrogen) atoms. The van der Waals surface area contributed by atoms with Crippen molar-refractivity contribution < 1.29 is 0 Å². The Kier molecular flexibility index (Phi) is 3.49. The van der Waals surface area contributed by atoms with Gasteiger partial charge < -0.3 is 10.2 Å². The van der Waals surface area contributed by atoms with E-state index in [1.54, 1.807) is 0 Å². The number of hydrogen-bond donors (Lipinski definition) is 1. The molecule has 4 atom stereocenters. The van der Waals surface area contributed by atoms with E-state index in [9.17, 15) is 0 Å². The molecule has 3 rings (SSSR count). The summed E-state index contributed by atoms with van der Waals surface area (Å²) in [6.07, 6.45) is 7.11. The molecule has 3 nitrogen and oxygen atoms in total. The summed E-state index contributed by atoms with van der Waals surface area (Å²) in [6.45, 7) is 7.86. The molecule has 0 radical (unpaired) electrons. The van der Waals surface area contributed by atoms with E-state index in [0.717, 1.165) is 24.3 Å². The molecule has 102 valence electrons. The molecule has 0 aromatic rings. The zero-order valence-corrected chi connectivity index (χ0v) is 11.9. The van der Waals surface area contributed by atoms with E-state index in [1.807, 2.05) is 0 Å². The van der Waals surface area contributed by atoms with Gasteiger partial charge in [0.25, 0.3) is 0 Å². The molecule has 2 saturated carbocycles. The Hall–Kier alpha value is -0.730. The maximum Gasteiger partial charge on any atom is 0.194 e. The third-order valence-corrected chi connectivity index (χ3v) is 5.01. The summed E-state index contributed by atoms with van der Waals surface area (Å²) in [6, 6.07) is 0.693. The summed E-state index contributed by atoms with van der Waals surface area (Å²) >= 11 is 0. The average Bonchev–Trinajstić information content (AvgIpc) is 2.92. The summed E-state index contributed by atoms with van der Waals surface area (Å²) in [7, 11) is 0. The lowest BCUT2D eigenvalue weighted by Gasteiger charge is -2.22. The van der Waals surface area contributed by atoms with Gasteiger partial charge in [-0.25, -0.2) is 0 Å². The third-order valence-electron chi connectivity index (χ3n) is 5.01. The topological polar surface area (TPSA) is 27.6 Å². The van der Waals surface area contributed by atoms with Crippen LogP contribution in [0, 0.1) is 17.8 Å². The zero-order valence-electron chi connectivity index (χ0n) is 11.9. The standard InChI is InChI=1S/C15H27N3/c1-3-16-15(17-14-8-11(14)2)18-9-12-6-4-5-7-13(12)10-18/h11-14H,3-10H2,1-2H3,(H,16,17). The van der Waals surface area contributed by atoms with E-state index in [0.29, 0.717) is 6.04 Å². The second-order valence-corrected chi connectivity index (χ2v) is 6.47. The van der Waals surface area contributed by atoms with E-state index < -0.39 is 0 Å². The fourth-order valence-electron chi connectivity index (χ4n) is 3.65. The van der Waals surface area contributed by atoms with Crippen LogP contribution in [0.1, 0.15) is 46.0 Å². The van der Waals surface area contributed by atoms with Gasteiger partial charge >= 0.3 is 0 Å². The van der Waals surface area contributed by atoms with Gasteiger partial charge in [0.2, 0.25) is 0 Å². The molecular formula is C15H27N3. The van der Waals surface area contributed by atoms with Crippen LogP contribution in [0.2, 0.25) is 0 Å². The minimum absolute atomic E-state index is 0.693. The quantitative estimate of drug-likeness (QED) is 0.601. The number of nitrogens with zero attached hydrogens (tertiary/aromatic N) is 2. The molecule has 0 amide bonds. The predicted octanol–water partition coefficient (Wildman–Crippen LogP) is 2.48. The molecule has 0 aromatic carbocycles. The van der Waals surface area contributed by atoms with Crippen molar-refractivity contribution >= 4 is 5.96 Å². The second-order valence-electron chi connectivity index (χ2n) is 6.47. The van der Waals surface area contributed by atoms with Crippen molar-refractivity contribution in [3.05, 3.63) is 0 Å². The second kappa shape index (κ2) is 5.10. The van der Waals surface area contributed by atoms with Crippen molar-refractivity contribution in [2.45, 2.75) is 52.0 Å². The van der Waals surface area contributed by atoms with Crippen LogP contribution in [0.4, 0.5) is 0 Å². The predicted molar refractivity (Wildman–Crippen MR) is 75.7 cm³/mol. The van der Waals surface area contributed by atoms with Gasteiger partial charge in [-0.15, -0.1) is 0 Å². The molecule has 1 aliphatic heterocycles. The lowest BCUT2D eigenvalue weighted by Crippen LogP contribution is -2.42. The normalized spacial score (nSPS) is 39.7. The number of hydrogen-bond acceptors (Lipinski definition) is 1. The van der Waals surface area contributed by atoms with Crippen LogP contribution in [-0.2, 0) is 0 Å². The molecular weight excluding hydrogens is 222 g/mol. The average molecular weight is 249 g/mol. The van der Waals surface area contributed by atoms with Crippen molar-refractivity contribution in [3.63, 3.8) is 0 Å². The van der Waals surface area contributed by atoms with Gasteiger partial charge in [-0.3, -0.25) is 4.99 Å². The molecule has 3 aliphatic rings. The molecule has 0 bridgehead atoms. The summed E-state index contributed by atoms with van der Waals surface area (Å²) < 4.78 is 0. The van der Waals surface area contributed by atoms with Gasteiger partial charge in [-0.05, 0) is 43.9 Å². The summed E-state index contributed by atoms with van der Waals surface area (Å²) in [5, 5.41) is 3.67. The number of likely N-dealkylation sites (tertiary alicyclic amines) is 1. The first kappa shape index (κ1) is 12.3. The Labute approximate surface area is 111 Å². The van der Waals surface area contributed by atoms with Crippen molar-refractivity contribution in [2.75, 3.05) is 19.6 Å². The molecule has 0 spiro atoms. The van der Waals surface area contributed by atoms with Crippen LogP contribution in [0.25, 0.3) is 0 Å². The smallest absolute Gasteiger partial charge is 0.194 e. The highest BCUT2D eigenvalue weighted by atomic mass is 15.3. The highest BCUT2D eigenvalue weighted by Crippen LogP contribution is 2.36. The molecule has 3 heteroatoms. The van der Waals surface area contributed by atoms with Crippen LogP contribution in [-0.4, -0.2) is 36.5 Å². The van der Waals surface area contributed by atoms with Gasteiger partial charge in [0.15, 0.2) is 5.96 Å². The first-order valence-corrected chi connectivity index (χ1v) is 7.84. The fourth-order valence-corrected chi connectivity index (χ4v) is 3.65. The van der Waals surface area contributed by atoms with Gasteiger partial charge in [-0.1, -0.05) is 19.8 Å². The summed E-state index contributed by atoms with van der Waals surface area (Å²) in [4.78, 5) is 7.25. The number of fused-ring (bicyclic) bond motifs is 1. The first-order chi connectivity index (χ1) is 8.78. The van der Waals surface area contributed by atoms with Crippen LogP contribution < -0.4 is 5.32 Å². The van der Waals surface area contributed by atoms with Gasteiger partial charge in [0.1, 0.15) is 0 Å². The minimum Gasteiger partial charge on any atom is -0.353 e. The Morgan fingerprint density at radius 3 is 2.33 bits per heavy atom. The number of guanidine groups is 1. The van der Waals surface area contributed by atoms with Crippen molar-refractivity contribution in [1.82, 2.24) is 10.2 Å². The van der Waals surface area contributed by atoms with Crippen molar-refractivity contribution in [1.29, 1.82) is 0 Å². The van der Waals surface area contributed by atoms with Gasteiger partial charge in [0, 0.05) is 25.7 Å². The fraction of sp³-hybridized carbons (Fsp3) is 0.933. The van der Waals surface area contributed by atoms with E-state index in [2.05, 4.69) is 24.1 Å². The Morgan fingerprint density at radius 2 is 1.83 bits per heavy atom. The van der Waals surface area contributed by atoms with Crippen LogP contribution >= 0.6 is 0 Å². The Bertz CT molecular complexity index is 312. The zero-order chi connectivity index (χ0) is 12.5. The maximum absolute atomic E-state index is 4.71. The molecule has 2 aliphatic carbocycles. The monoisotopic (exact) mass is 249 g/mol. The number of aliphatic imine (C=N–C) groups is 1.